The molecule has 1 aromatic heterocycles. The molecule has 0 aliphatic heterocycles. The SMILES string of the molecule is CC(C)C[C@H](N)C(=O)N=S(N)(=O)c1nc(C(F)F)cs1. The van der Waals surface area contributed by atoms with Crippen LogP contribution in [0.4, 0.5) is 8.78 Å². The number of hydrogen-bond acceptors (Lipinski definition) is 5. The maximum atomic E-state index is 12.4. The second-order valence-corrected chi connectivity index (χ2v) is 7.40. The van der Waals surface area contributed by atoms with Crippen molar-refractivity contribution in [2.75, 3.05) is 0 Å². The zero-order valence-electron chi connectivity index (χ0n) is 11.0. The van der Waals surface area contributed by atoms with E-state index in [0.29, 0.717) is 17.8 Å². The number of rotatable bonds is 5. The van der Waals surface area contributed by atoms with E-state index in [1.165, 1.54) is 0 Å². The number of halogens is 2. The van der Waals surface area contributed by atoms with Gasteiger partial charge in [-0.05, 0) is 12.3 Å². The smallest absolute Gasteiger partial charge is 0.281 e. The fraction of sp³-hybridized carbons (Fsp3) is 0.600. The number of nitrogens with two attached hydrogens (primary N) is 2. The molecule has 1 unspecified atom stereocenters. The molecule has 0 spiro atoms. The van der Waals surface area contributed by atoms with Gasteiger partial charge in [-0.1, -0.05) is 13.8 Å². The molecule has 20 heavy (non-hydrogen) atoms. The van der Waals surface area contributed by atoms with Gasteiger partial charge in [0.05, 0.1) is 6.04 Å². The molecule has 0 fully saturated rings. The molecular formula is C10H16F2N4O2S2. The van der Waals surface area contributed by atoms with E-state index in [9.17, 15) is 17.8 Å². The van der Waals surface area contributed by atoms with Crippen molar-refractivity contribution >= 4 is 27.2 Å². The highest BCUT2D eigenvalue weighted by Gasteiger charge is 2.21. The van der Waals surface area contributed by atoms with E-state index in [2.05, 4.69) is 9.35 Å². The van der Waals surface area contributed by atoms with Crippen molar-refractivity contribution in [1.29, 1.82) is 0 Å². The number of alkyl halides is 2. The maximum Gasteiger partial charge on any atom is 0.281 e. The quantitative estimate of drug-likeness (QED) is 0.857. The van der Waals surface area contributed by atoms with Crippen LogP contribution in [0.25, 0.3) is 0 Å². The summed E-state index contributed by atoms with van der Waals surface area (Å²) in [5.74, 6) is -0.664. The van der Waals surface area contributed by atoms with Crippen molar-refractivity contribution in [2.24, 2.45) is 21.2 Å². The minimum absolute atomic E-state index is 0.156. The molecule has 0 saturated heterocycles. The van der Waals surface area contributed by atoms with Crippen LogP contribution in [0.3, 0.4) is 0 Å². The molecule has 0 radical (unpaired) electrons. The number of aromatic nitrogens is 1. The first-order valence-corrected chi connectivity index (χ1v) is 8.17. The lowest BCUT2D eigenvalue weighted by molar-refractivity contribution is -0.119. The third kappa shape index (κ3) is 4.54. The third-order valence-electron chi connectivity index (χ3n) is 2.24. The predicted molar refractivity (Wildman–Crippen MR) is 72.5 cm³/mol. The molecule has 0 saturated carbocycles. The Hall–Kier alpha value is -0.970. The van der Waals surface area contributed by atoms with Crippen molar-refractivity contribution < 1.29 is 17.8 Å². The van der Waals surface area contributed by atoms with Crippen LogP contribution in [0.1, 0.15) is 32.4 Å². The molecule has 0 aromatic carbocycles. The van der Waals surface area contributed by atoms with Crippen LogP contribution in [0.5, 0.6) is 0 Å². The maximum absolute atomic E-state index is 12.4. The first-order chi connectivity index (χ1) is 9.13. The summed E-state index contributed by atoms with van der Waals surface area (Å²) in [5.41, 5.74) is 5.05. The second-order valence-electron chi connectivity index (χ2n) is 4.57. The number of carbonyl (C=O) groups excluding carboxylic acids is 1. The van der Waals surface area contributed by atoms with Crippen molar-refractivity contribution in [3.63, 3.8) is 0 Å². The zero-order valence-corrected chi connectivity index (χ0v) is 12.6. The van der Waals surface area contributed by atoms with Crippen LogP contribution in [-0.2, 0) is 14.7 Å². The van der Waals surface area contributed by atoms with E-state index in [0.717, 1.165) is 5.38 Å². The van der Waals surface area contributed by atoms with Crippen molar-refractivity contribution in [1.82, 2.24) is 4.98 Å². The van der Waals surface area contributed by atoms with Crippen LogP contribution in [0, 0.1) is 5.92 Å². The topological polar surface area (TPSA) is 111 Å². The summed E-state index contributed by atoms with van der Waals surface area (Å²) < 4.78 is 39.9. The molecule has 1 amide bonds. The Labute approximate surface area is 119 Å². The Kier molecular flexibility index (Phi) is 5.68. The van der Waals surface area contributed by atoms with Gasteiger partial charge in [-0.25, -0.2) is 23.1 Å². The van der Waals surface area contributed by atoms with E-state index in [4.69, 9.17) is 10.9 Å². The highest BCUT2D eigenvalue weighted by atomic mass is 32.2. The fourth-order valence-corrected chi connectivity index (χ4v) is 3.41. The van der Waals surface area contributed by atoms with E-state index in [-0.39, 0.29) is 10.3 Å². The summed E-state index contributed by atoms with van der Waals surface area (Å²) in [6, 6.07) is -0.922. The van der Waals surface area contributed by atoms with Gasteiger partial charge in [0, 0.05) is 5.38 Å². The molecule has 10 heteroatoms. The van der Waals surface area contributed by atoms with Crippen LogP contribution in [0.2, 0.25) is 0 Å². The summed E-state index contributed by atoms with van der Waals surface area (Å²) in [4.78, 5) is 15.1. The molecule has 1 rings (SSSR count). The van der Waals surface area contributed by atoms with Gasteiger partial charge in [0.1, 0.15) is 5.69 Å². The molecule has 1 heterocycles. The minimum Gasteiger partial charge on any atom is -0.320 e. The largest absolute Gasteiger partial charge is 0.320 e. The fourth-order valence-electron chi connectivity index (χ4n) is 1.35. The van der Waals surface area contributed by atoms with Gasteiger partial charge in [0.2, 0.25) is 4.34 Å². The number of hydrogen-bond donors (Lipinski definition) is 2. The van der Waals surface area contributed by atoms with Gasteiger partial charge in [-0.2, -0.15) is 0 Å². The summed E-state index contributed by atoms with van der Waals surface area (Å²) in [6.07, 6.45) is -2.44. The van der Waals surface area contributed by atoms with Gasteiger partial charge in [-0.3, -0.25) is 4.79 Å². The monoisotopic (exact) mass is 326 g/mol. The Morgan fingerprint density at radius 1 is 1.55 bits per heavy atom. The lowest BCUT2D eigenvalue weighted by Gasteiger charge is -2.10. The molecule has 0 bridgehead atoms. The molecule has 0 aliphatic rings. The van der Waals surface area contributed by atoms with Crippen molar-refractivity contribution in [2.45, 2.75) is 37.1 Å². The molecule has 6 nitrogen and oxygen atoms in total. The molecule has 1 aromatic rings. The number of nitrogens with zero attached hydrogens (tertiary/aromatic N) is 2. The van der Waals surface area contributed by atoms with E-state index >= 15 is 0 Å². The molecule has 114 valence electrons. The van der Waals surface area contributed by atoms with Crippen LogP contribution in [-0.4, -0.2) is 21.1 Å². The lowest BCUT2D eigenvalue weighted by Crippen LogP contribution is -2.32. The zero-order chi connectivity index (χ0) is 15.5. The van der Waals surface area contributed by atoms with Crippen LogP contribution >= 0.6 is 11.3 Å². The average Bonchev–Trinajstić information content (AvgIpc) is 2.77. The number of carbonyl (C=O) groups is 1. The average molecular weight is 326 g/mol. The minimum atomic E-state index is -3.63. The Bertz CT molecular complexity index is 594. The van der Waals surface area contributed by atoms with Gasteiger partial charge in [0.15, 0.2) is 9.92 Å². The first kappa shape index (κ1) is 17.1. The summed E-state index contributed by atoms with van der Waals surface area (Å²) in [5, 5.41) is 6.44. The second kappa shape index (κ2) is 6.66. The standard InChI is InChI=1S/C10H16F2N4O2S2/c1-5(2)3-6(13)9(17)16-20(14,18)10-15-7(4-19-10)8(11)12/h4-6,8H,3,13H2,1-2H3,(H2,14,16,17,18)/t6-,20?/m0/s1. The summed E-state index contributed by atoms with van der Waals surface area (Å²) in [6.45, 7) is 3.73. The lowest BCUT2D eigenvalue weighted by atomic mass is 10.0. The first-order valence-electron chi connectivity index (χ1n) is 5.71. The molecule has 0 aliphatic carbocycles. The Morgan fingerprint density at radius 3 is 2.60 bits per heavy atom. The molecule has 2 atom stereocenters. The van der Waals surface area contributed by atoms with Gasteiger partial charge < -0.3 is 5.73 Å². The van der Waals surface area contributed by atoms with Crippen molar-refractivity contribution in [3.05, 3.63) is 11.1 Å². The van der Waals surface area contributed by atoms with Gasteiger partial charge >= 0.3 is 0 Å². The summed E-state index contributed by atoms with van der Waals surface area (Å²) in [7, 11) is -3.63. The third-order valence-corrected chi connectivity index (χ3v) is 4.94. The summed E-state index contributed by atoms with van der Waals surface area (Å²) >= 11 is 0.674. The number of thiazole rings is 1. The van der Waals surface area contributed by atoms with Gasteiger partial charge in [0.25, 0.3) is 12.3 Å². The van der Waals surface area contributed by atoms with E-state index in [1.54, 1.807) is 0 Å². The highest BCUT2D eigenvalue weighted by Crippen LogP contribution is 2.23. The molecular weight excluding hydrogens is 310 g/mol. The van der Waals surface area contributed by atoms with Gasteiger partial charge in [-0.15, -0.1) is 15.7 Å². The van der Waals surface area contributed by atoms with Crippen LogP contribution in [0.15, 0.2) is 14.1 Å². The van der Waals surface area contributed by atoms with E-state index in [1.807, 2.05) is 13.8 Å². The van der Waals surface area contributed by atoms with E-state index < -0.39 is 34.0 Å². The molecule has 4 N–H and O–H groups in total. The van der Waals surface area contributed by atoms with Crippen LogP contribution < -0.4 is 10.9 Å². The van der Waals surface area contributed by atoms with Crippen molar-refractivity contribution in [3.8, 4) is 0 Å². The number of amides is 1. The normalized spacial score (nSPS) is 16.2. The highest BCUT2D eigenvalue weighted by molar-refractivity contribution is 7.93. The Balaban J connectivity index is 2.99. The Morgan fingerprint density at radius 2 is 2.15 bits per heavy atom. The predicted octanol–water partition coefficient (Wildman–Crippen LogP) is 1.68.